The third-order valence-electron chi connectivity index (χ3n) is 2.52. The molecule has 2 rings (SSSR count). The standard InChI is InChI=1S/C14H12N2O2.Ni/c17-15-13(11-7-3-1-4-8-11)14(16-18)12-9-5-2-6-10-12;/h1-10,17-18H;/b15-13+,16-14+;. The van der Waals surface area contributed by atoms with E-state index in [4.69, 9.17) is 10.4 Å². The number of hydrogen-bond donors (Lipinski definition) is 2. The minimum absolute atomic E-state index is 0. The smallest absolute Gasteiger partial charge is 0.139 e. The Morgan fingerprint density at radius 1 is 0.632 bits per heavy atom. The van der Waals surface area contributed by atoms with Crippen LogP contribution >= 0.6 is 0 Å². The first-order valence-electron chi connectivity index (χ1n) is 5.42. The molecule has 2 aromatic rings. The Kier molecular flexibility index (Phi) is 5.77. The molecule has 0 aliphatic rings. The number of hydrogen-bond acceptors (Lipinski definition) is 4. The largest absolute Gasteiger partial charge is 0.410 e. The van der Waals surface area contributed by atoms with Crippen LogP contribution in [0.3, 0.4) is 0 Å². The molecule has 0 aliphatic heterocycles. The van der Waals surface area contributed by atoms with Crippen LogP contribution in [0.1, 0.15) is 11.1 Å². The monoisotopic (exact) mass is 298 g/mol. The predicted molar refractivity (Wildman–Crippen MR) is 69.5 cm³/mol. The number of rotatable bonds is 3. The van der Waals surface area contributed by atoms with E-state index in [1.54, 1.807) is 24.3 Å². The molecule has 0 radical (unpaired) electrons. The zero-order valence-electron chi connectivity index (χ0n) is 9.88. The van der Waals surface area contributed by atoms with Gasteiger partial charge in [0, 0.05) is 27.6 Å². The van der Waals surface area contributed by atoms with Crippen molar-refractivity contribution in [1.82, 2.24) is 0 Å². The van der Waals surface area contributed by atoms with Crippen molar-refractivity contribution in [2.24, 2.45) is 10.3 Å². The fourth-order valence-electron chi connectivity index (χ4n) is 1.68. The molecule has 4 nitrogen and oxygen atoms in total. The first kappa shape index (κ1) is 14.9. The molecule has 0 aromatic heterocycles. The first-order chi connectivity index (χ1) is 8.86. The van der Waals surface area contributed by atoms with Crippen molar-refractivity contribution in [1.29, 1.82) is 0 Å². The summed E-state index contributed by atoms with van der Waals surface area (Å²) in [6.07, 6.45) is 0. The van der Waals surface area contributed by atoms with Crippen molar-refractivity contribution in [3.05, 3.63) is 71.8 Å². The minimum Gasteiger partial charge on any atom is -0.410 e. The van der Waals surface area contributed by atoms with Crippen LogP contribution in [-0.4, -0.2) is 21.8 Å². The number of oxime groups is 2. The Morgan fingerprint density at radius 2 is 0.947 bits per heavy atom. The average molecular weight is 299 g/mol. The first-order valence-corrected chi connectivity index (χ1v) is 5.42. The summed E-state index contributed by atoms with van der Waals surface area (Å²) in [6.45, 7) is 0. The van der Waals surface area contributed by atoms with Gasteiger partial charge in [0.25, 0.3) is 0 Å². The van der Waals surface area contributed by atoms with E-state index in [1.807, 2.05) is 36.4 Å². The average Bonchev–Trinajstić information content (AvgIpc) is 2.46. The summed E-state index contributed by atoms with van der Waals surface area (Å²) in [6, 6.07) is 18.1. The van der Waals surface area contributed by atoms with Crippen LogP contribution in [0.15, 0.2) is 71.0 Å². The summed E-state index contributed by atoms with van der Waals surface area (Å²) >= 11 is 0. The quantitative estimate of drug-likeness (QED) is 0.396. The minimum atomic E-state index is 0. The van der Waals surface area contributed by atoms with Gasteiger partial charge in [0.05, 0.1) is 0 Å². The normalized spacial score (nSPS) is 11.8. The molecular formula is C14H12N2NiO2. The Bertz CT molecular complexity index is 515. The van der Waals surface area contributed by atoms with E-state index in [0.717, 1.165) is 0 Å². The maximum absolute atomic E-state index is 9.14. The van der Waals surface area contributed by atoms with Crippen molar-refractivity contribution in [2.45, 2.75) is 0 Å². The molecule has 2 N–H and O–H groups in total. The number of benzene rings is 2. The molecule has 0 unspecified atom stereocenters. The van der Waals surface area contributed by atoms with Gasteiger partial charge in [0.15, 0.2) is 0 Å². The fourth-order valence-corrected chi connectivity index (χ4v) is 1.68. The van der Waals surface area contributed by atoms with Crippen LogP contribution in [0, 0.1) is 0 Å². The van der Waals surface area contributed by atoms with E-state index < -0.39 is 0 Å². The van der Waals surface area contributed by atoms with Gasteiger partial charge in [-0.15, -0.1) is 0 Å². The Balaban J connectivity index is 0.00000180. The summed E-state index contributed by atoms with van der Waals surface area (Å²) in [7, 11) is 0. The molecule has 0 amide bonds. The van der Waals surface area contributed by atoms with E-state index in [9.17, 15) is 0 Å². The molecule has 100 valence electrons. The summed E-state index contributed by atoms with van der Waals surface area (Å²) < 4.78 is 0. The molecule has 0 fully saturated rings. The summed E-state index contributed by atoms with van der Waals surface area (Å²) in [4.78, 5) is 0. The Morgan fingerprint density at radius 3 is 1.21 bits per heavy atom. The Labute approximate surface area is 121 Å². The predicted octanol–water partition coefficient (Wildman–Crippen LogP) is 2.74. The van der Waals surface area contributed by atoms with Crippen LogP contribution in [0.2, 0.25) is 0 Å². The van der Waals surface area contributed by atoms with Crippen molar-refractivity contribution in [2.75, 3.05) is 0 Å². The van der Waals surface area contributed by atoms with Gasteiger partial charge >= 0.3 is 0 Å². The molecule has 0 saturated heterocycles. The van der Waals surface area contributed by atoms with Crippen LogP contribution in [-0.2, 0) is 16.5 Å². The molecule has 0 saturated carbocycles. The van der Waals surface area contributed by atoms with E-state index in [1.165, 1.54) is 0 Å². The zero-order valence-corrected chi connectivity index (χ0v) is 10.9. The third-order valence-corrected chi connectivity index (χ3v) is 2.52. The van der Waals surface area contributed by atoms with Gasteiger partial charge in [0.2, 0.25) is 0 Å². The fraction of sp³-hybridized carbons (Fsp3) is 0. The van der Waals surface area contributed by atoms with Crippen molar-refractivity contribution >= 4 is 11.4 Å². The zero-order chi connectivity index (χ0) is 12.8. The third kappa shape index (κ3) is 3.42. The Hall–Kier alpha value is -2.13. The summed E-state index contributed by atoms with van der Waals surface area (Å²) in [5.41, 5.74) is 1.81. The number of nitrogens with zero attached hydrogens (tertiary/aromatic N) is 2. The second-order valence-corrected chi connectivity index (χ2v) is 3.63. The van der Waals surface area contributed by atoms with E-state index in [0.29, 0.717) is 11.1 Å². The van der Waals surface area contributed by atoms with Crippen LogP contribution in [0.25, 0.3) is 0 Å². The molecular weight excluding hydrogens is 287 g/mol. The molecule has 0 aliphatic carbocycles. The second-order valence-electron chi connectivity index (χ2n) is 3.63. The summed E-state index contributed by atoms with van der Waals surface area (Å²) in [5, 5.41) is 24.7. The molecule has 5 heteroatoms. The van der Waals surface area contributed by atoms with Crippen molar-refractivity contribution in [3.63, 3.8) is 0 Å². The van der Waals surface area contributed by atoms with Crippen LogP contribution < -0.4 is 0 Å². The van der Waals surface area contributed by atoms with Gasteiger partial charge in [-0.2, -0.15) is 0 Å². The molecule has 19 heavy (non-hydrogen) atoms. The molecule has 2 aromatic carbocycles. The topological polar surface area (TPSA) is 65.2 Å². The summed E-state index contributed by atoms with van der Waals surface area (Å²) in [5.74, 6) is 0. The maximum atomic E-state index is 9.14. The van der Waals surface area contributed by atoms with E-state index in [-0.39, 0.29) is 27.9 Å². The molecule has 0 bridgehead atoms. The molecule has 0 spiro atoms. The molecule has 0 atom stereocenters. The van der Waals surface area contributed by atoms with Gasteiger partial charge in [-0.05, 0) is 0 Å². The van der Waals surface area contributed by atoms with Gasteiger partial charge in [-0.25, -0.2) is 0 Å². The van der Waals surface area contributed by atoms with Gasteiger partial charge in [0.1, 0.15) is 11.4 Å². The van der Waals surface area contributed by atoms with Gasteiger partial charge in [-0.1, -0.05) is 71.0 Å². The van der Waals surface area contributed by atoms with E-state index >= 15 is 0 Å². The van der Waals surface area contributed by atoms with Crippen molar-refractivity contribution in [3.8, 4) is 0 Å². The van der Waals surface area contributed by atoms with Crippen LogP contribution in [0.5, 0.6) is 0 Å². The maximum Gasteiger partial charge on any atom is 0.139 e. The van der Waals surface area contributed by atoms with Gasteiger partial charge in [-0.3, -0.25) is 0 Å². The van der Waals surface area contributed by atoms with Crippen molar-refractivity contribution < 1.29 is 26.9 Å². The van der Waals surface area contributed by atoms with Gasteiger partial charge < -0.3 is 10.4 Å². The SMILES string of the molecule is O/N=C(/C(=N/O)c1ccccc1)c1ccccc1.[Ni]. The molecule has 0 heterocycles. The van der Waals surface area contributed by atoms with E-state index in [2.05, 4.69) is 10.3 Å². The second kappa shape index (κ2) is 7.34. The van der Waals surface area contributed by atoms with Crippen LogP contribution in [0.4, 0.5) is 0 Å².